The Morgan fingerprint density at radius 3 is 2.38 bits per heavy atom. The van der Waals surface area contributed by atoms with Crippen LogP contribution >= 0.6 is 23.2 Å². The molecule has 1 aliphatic heterocycles. The molecule has 1 amide bonds. The first kappa shape index (κ1) is 20.2. The van der Waals surface area contributed by atoms with Gasteiger partial charge in [0.25, 0.3) is 0 Å². The van der Waals surface area contributed by atoms with Crippen LogP contribution in [0.5, 0.6) is 0 Å². The Kier molecular flexibility index (Phi) is 5.52. The van der Waals surface area contributed by atoms with Crippen LogP contribution in [0.2, 0.25) is 10.0 Å². The Morgan fingerprint density at radius 2 is 1.69 bits per heavy atom. The highest BCUT2D eigenvalue weighted by Crippen LogP contribution is 2.33. The van der Waals surface area contributed by atoms with Gasteiger partial charge < -0.3 is 0 Å². The lowest BCUT2D eigenvalue weighted by atomic mass is 9.98. The molecule has 29 heavy (non-hydrogen) atoms. The summed E-state index contributed by atoms with van der Waals surface area (Å²) < 4.78 is 28.8. The highest BCUT2D eigenvalue weighted by molar-refractivity contribution is 7.89. The van der Waals surface area contributed by atoms with Gasteiger partial charge in [0.15, 0.2) is 0 Å². The van der Waals surface area contributed by atoms with E-state index >= 15 is 0 Å². The number of carbonyl (C=O) groups is 1. The van der Waals surface area contributed by atoms with Gasteiger partial charge in [0, 0.05) is 19.0 Å². The molecule has 0 radical (unpaired) electrons. The standard InChI is InChI=1S/C19H18Cl2N4O3S/c20-14-4-3-5-15(21)18(14)29(27,28)24-10-8-13(9-11-24)19(26)23-25-12-22-16-6-1-2-7-17(16)25/h1-7,12-13H,8-11H2,(H,23,26). The monoisotopic (exact) mass is 452 g/mol. The number of piperidine rings is 1. The van der Waals surface area contributed by atoms with Gasteiger partial charge in [-0.1, -0.05) is 41.4 Å². The number of aromatic nitrogens is 2. The zero-order chi connectivity index (χ0) is 20.6. The first-order valence-electron chi connectivity index (χ1n) is 9.05. The number of halogens is 2. The maximum absolute atomic E-state index is 13.0. The van der Waals surface area contributed by atoms with Crippen molar-refractivity contribution in [3.63, 3.8) is 0 Å². The van der Waals surface area contributed by atoms with Crippen molar-refractivity contribution in [2.24, 2.45) is 5.92 Å². The van der Waals surface area contributed by atoms with E-state index in [1.54, 1.807) is 17.1 Å². The predicted molar refractivity (Wildman–Crippen MR) is 112 cm³/mol. The molecule has 0 bridgehead atoms. The van der Waals surface area contributed by atoms with E-state index in [1.165, 1.54) is 16.4 Å². The van der Waals surface area contributed by atoms with Gasteiger partial charge in [-0.15, -0.1) is 0 Å². The molecule has 0 aliphatic carbocycles. The SMILES string of the molecule is O=C(Nn1cnc2ccccc21)C1CCN(S(=O)(=O)c2c(Cl)cccc2Cl)CC1. The minimum absolute atomic E-state index is 0.0869. The molecule has 7 nitrogen and oxygen atoms in total. The molecule has 10 heteroatoms. The topological polar surface area (TPSA) is 84.3 Å². The fourth-order valence-electron chi connectivity index (χ4n) is 3.47. The van der Waals surface area contributed by atoms with E-state index in [-0.39, 0.29) is 39.9 Å². The normalized spacial score (nSPS) is 16.2. The third kappa shape index (κ3) is 3.85. The Morgan fingerprint density at radius 1 is 1.03 bits per heavy atom. The lowest BCUT2D eigenvalue weighted by molar-refractivity contribution is -0.121. The average Bonchev–Trinajstić information content (AvgIpc) is 3.11. The Bertz CT molecular complexity index is 1150. The fraction of sp³-hybridized carbons (Fsp3) is 0.263. The summed E-state index contributed by atoms with van der Waals surface area (Å²) in [6.45, 7) is 0.430. The maximum atomic E-state index is 13.0. The molecule has 1 aromatic heterocycles. The summed E-state index contributed by atoms with van der Waals surface area (Å²) in [5.74, 6) is -0.467. The zero-order valence-electron chi connectivity index (χ0n) is 15.3. The van der Waals surface area contributed by atoms with Crippen molar-refractivity contribution in [1.29, 1.82) is 0 Å². The van der Waals surface area contributed by atoms with E-state index in [2.05, 4.69) is 10.4 Å². The van der Waals surface area contributed by atoms with Crippen LogP contribution in [0.3, 0.4) is 0 Å². The second-order valence-electron chi connectivity index (χ2n) is 6.81. The van der Waals surface area contributed by atoms with E-state index in [9.17, 15) is 13.2 Å². The number of nitrogens with zero attached hydrogens (tertiary/aromatic N) is 3. The number of nitrogens with one attached hydrogen (secondary N) is 1. The number of para-hydroxylation sites is 2. The summed E-state index contributed by atoms with van der Waals surface area (Å²) in [5.41, 5.74) is 4.43. The van der Waals surface area contributed by atoms with Gasteiger partial charge in [-0.25, -0.2) is 18.1 Å². The molecule has 0 spiro atoms. The Balaban J connectivity index is 1.44. The molecule has 1 saturated heterocycles. The summed E-state index contributed by atoms with van der Waals surface area (Å²) in [4.78, 5) is 16.8. The second kappa shape index (κ2) is 7.95. The third-order valence-electron chi connectivity index (χ3n) is 5.03. The van der Waals surface area contributed by atoms with Crippen LogP contribution in [0.25, 0.3) is 11.0 Å². The number of carbonyl (C=O) groups excluding carboxylic acids is 1. The van der Waals surface area contributed by atoms with Gasteiger partial charge >= 0.3 is 0 Å². The highest BCUT2D eigenvalue weighted by Gasteiger charge is 2.34. The Hall–Kier alpha value is -2.13. The first-order valence-corrected chi connectivity index (χ1v) is 11.2. The van der Waals surface area contributed by atoms with Crippen LogP contribution in [-0.2, 0) is 14.8 Å². The predicted octanol–water partition coefficient (Wildman–Crippen LogP) is 3.51. The highest BCUT2D eigenvalue weighted by atomic mass is 35.5. The van der Waals surface area contributed by atoms with Crippen LogP contribution in [0, 0.1) is 5.92 Å². The van der Waals surface area contributed by atoms with Crippen molar-refractivity contribution < 1.29 is 13.2 Å². The number of amides is 1. The Labute approximate surface area is 178 Å². The van der Waals surface area contributed by atoms with E-state index in [1.807, 2.05) is 24.3 Å². The molecule has 152 valence electrons. The lowest BCUT2D eigenvalue weighted by Crippen LogP contribution is -2.42. The van der Waals surface area contributed by atoms with Gasteiger partial charge in [-0.3, -0.25) is 10.2 Å². The van der Waals surface area contributed by atoms with E-state index in [0.717, 1.165) is 11.0 Å². The smallest absolute Gasteiger partial charge is 0.246 e. The molecule has 0 unspecified atom stereocenters. The lowest BCUT2D eigenvalue weighted by Gasteiger charge is -2.31. The summed E-state index contributed by atoms with van der Waals surface area (Å²) in [7, 11) is -3.83. The number of hydrogen-bond donors (Lipinski definition) is 1. The van der Waals surface area contributed by atoms with Crippen molar-refractivity contribution in [1.82, 2.24) is 14.0 Å². The van der Waals surface area contributed by atoms with E-state index < -0.39 is 10.0 Å². The molecular weight excluding hydrogens is 435 g/mol. The van der Waals surface area contributed by atoms with Crippen LogP contribution in [0.1, 0.15) is 12.8 Å². The number of rotatable bonds is 4. The number of benzene rings is 2. The van der Waals surface area contributed by atoms with Crippen molar-refractivity contribution >= 4 is 50.2 Å². The van der Waals surface area contributed by atoms with E-state index in [0.29, 0.717) is 12.8 Å². The van der Waals surface area contributed by atoms with Crippen LogP contribution in [0.4, 0.5) is 0 Å². The largest absolute Gasteiger partial charge is 0.273 e. The quantitative estimate of drug-likeness (QED) is 0.655. The molecule has 0 atom stereocenters. The van der Waals surface area contributed by atoms with Gasteiger partial charge in [0.2, 0.25) is 15.9 Å². The van der Waals surface area contributed by atoms with Crippen LogP contribution in [0.15, 0.2) is 53.7 Å². The van der Waals surface area contributed by atoms with Crippen molar-refractivity contribution in [2.75, 3.05) is 18.5 Å². The minimum atomic E-state index is -3.83. The van der Waals surface area contributed by atoms with Crippen LogP contribution < -0.4 is 5.43 Å². The molecule has 1 aliphatic rings. The third-order valence-corrected chi connectivity index (χ3v) is 7.88. The zero-order valence-corrected chi connectivity index (χ0v) is 17.6. The summed E-state index contributed by atoms with van der Waals surface area (Å²) >= 11 is 12.2. The second-order valence-corrected chi connectivity index (χ2v) is 9.50. The molecule has 3 aromatic rings. The number of sulfonamides is 1. The molecular formula is C19H18Cl2N4O3S. The van der Waals surface area contributed by atoms with Gasteiger partial charge in [0.05, 0.1) is 21.1 Å². The minimum Gasteiger partial charge on any atom is -0.273 e. The van der Waals surface area contributed by atoms with Crippen molar-refractivity contribution in [3.05, 3.63) is 58.8 Å². The molecule has 1 N–H and O–H groups in total. The molecule has 2 heterocycles. The number of fused-ring (bicyclic) bond motifs is 1. The summed E-state index contributed by atoms with van der Waals surface area (Å²) in [6, 6.07) is 12.1. The fourth-order valence-corrected chi connectivity index (χ4v) is 6.04. The maximum Gasteiger partial charge on any atom is 0.246 e. The van der Waals surface area contributed by atoms with Crippen molar-refractivity contribution in [3.8, 4) is 0 Å². The first-order chi connectivity index (χ1) is 13.9. The van der Waals surface area contributed by atoms with E-state index in [4.69, 9.17) is 23.2 Å². The number of imidazole rings is 1. The summed E-state index contributed by atoms with van der Waals surface area (Å²) in [6.07, 6.45) is 2.36. The molecule has 4 rings (SSSR count). The van der Waals surface area contributed by atoms with Crippen LogP contribution in [-0.4, -0.2) is 41.4 Å². The van der Waals surface area contributed by atoms with Crippen molar-refractivity contribution in [2.45, 2.75) is 17.7 Å². The summed E-state index contributed by atoms with van der Waals surface area (Å²) in [5, 5.41) is 0.175. The average molecular weight is 453 g/mol. The van der Waals surface area contributed by atoms with Gasteiger partial charge in [-0.2, -0.15) is 4.31 Å². The molecule has 2 aromatic carbocycles. The molecule has 0 saturated carbocycles. The van der Waals surface area contributed by atoms with Gasteiger partial charge in [-0.05, 0) is 37.1 Å². The van der Waals surface area contributed by atoms with Gasteiger partial charge in [0.1, 0.15) is 11.2 Å². The number of hydrogen-bond acceptors (Lipinski definition) is 4. The molecule has 1 fully saturated rings.